The molecule has 1 amide bonds. The van der Waals surface area contributed by atoms with Crippen LogP contribution >= 0.6 is 0 Å². The smallest absolute Gasteiger partial charge is 0.238 e. The number of hydrogen-bond acceptors (Lipinski definition) is 4. The Morgan fingerprint density at radius 2 is 2.04 bits per heavy atom. The van der Waals surface area contributed by atoms with E-state index in [0.717, 1.165) is 43.6 Å². The summed E-state index contributed by atoms with van der Waals surface area (Å²) in [4.78, 5) is 16.5. The number of likely N-dealkylation sites (tertiary alicyclic amines) is 1. The molecule has 128 valence electrons. The number of nitrogens with one attached hydrogen (secondary N) is 1. The van der Waals surface area contributed by atoms with Crippen molar-refractivity contribution in [2.45, 2.75) is 44.8 Å². The number of piperidine rings is 1. The van der Waals surface area contributed by atoms with Crippen molar-refractivity contribution in [2.75, 3.05) is 37.4 Å². The summed E-state index contributed by atoms with van der Waals surface area (Å²) in [5.41, 5.74) is 1.91. The van der Waals surface area contributed by atoms with E-state index in [1.165, 1.54) is 0 Å². The maximum atomic E-state index is 12.3. The largest absolute Gasteiger partial charge is 0.392 e. The number of benzene rings is 1. The molecule has 2 atom stereocenters. The van der Waals surface area contributed by atoms with Crippen LogP contribution in [0.4, 0.5) is 11.4 Å². The number of carbonyl (C=O) groups is 1. The van der Waals surface area contributed by atoms with Crippen LogP contribution in [-0.4, -0.2) is 55.2 Å². The minimum atomic E-state index is -0.345. The van der Waals surface area contributed by atoms with Crippen LogP contribution in [0.5, 0.6) is 0 Å². The van der Waals surface area contributed by atoms with Gasteiger partial charge in [0.25, 0.3) is 0 Å². The predicted molar refractivity (Wildman–Crippen MR) is 94.9 cm³/mol. The van der Waals surface area contributed by atoms with Gasteiger partial charge in [0, 0.05) is 31.5 Å². The lowest BCUT2D eigenvalue weighted by molar-refractivity contribution is -0.119. The Balaban J connectivity index is 1.92. The van der Waals surface area contributed by atoms with Crippen molar-refractivity contribution in [1.29, 1.82) is 0 Å². The van der Waals surface area contributed by atoms with Gasteiger partial charge in [0.1, 0.15) is 0 Å². The van der Waals surface area contributed by atoms with Gasteiger partial charge in [-0.1, -0.05) is 13.3 Å². The van der Waals surface area contributed by atoms with Crippen LogP contribution in [0.15, 0.2) is 24.3 Å². The number of carbonyl (C=O) groups excluding carboxylic acids is 1. The molecule has 1 saturated heterocycles. The fraction of sp³-hybridized carbons (Fsp3) is 0.611. The third-order valence-corrected chi connectivity index (χ3v) is 4.54. The SMILES string of the molecule is CCC(O)C1CCCCN1CC(=O)Nc1ccc(N(C)C)cc1. The first kappa shape index (κ1) is 17.8. The zero-order valence-corrected chi connectivity index (χ0v) is 14.5. The molecular formula is C18H29N3O2. The molecule has 1 aliphatic heterocycles. The van der Waals surface area contributed by atoms with Crippen LogP contribution in [0.1, 0.15) is 32.6 Å². The number of amides is 1. The second-order valence-electron chi connectivity index (χ2n) is 6.50. The molecule has 1 aromatic rings. The van der Waals surface area contributed by atoms with Gasteiger partial charge in [-0.15, -0.1) is 0 Å². The third-order valence-electron chi connectivity index (χ3n) is 4.54. The minimum absolute atomic E-state index is 0.0159. The van der Waals surface area contributed by atoms with E-state index in [0.29, 0.717) is 6.54 Å². The van der Waals surface area contributed by atoms with Gasteiger partial charge in [-0.05, 0) is 50.1 Å². The van der Waals surface area contributed by atoms with Gasteiger partial charge in [-0.25, -0.2) is 0 Å². The first-order valence-corrected chi connectivity index (χ1v) is 8.50. The van der Waals surface area contributed by atoms with E-state index in [1.807, 2.05) is 50.2 Å². The molecule has 0 radical (unpaired) electrons. The Kier molecular flexibility index (Phi) is 6.42. The molecule has 1 aliphatic rings. The number of hydrogen-bond donors (Lipinski definition) is 2. The molecule has 0 saturated carbocycles. The van der Waals surface area contributed by atoms with Crippen molar-refractivity contribution in [2.24, 2.45) is 0 Å². The van der Waals surface area contributed by atoms with E-state index >= 15 is 0 Å². The lowest BCUT2D eigenvalue weighted by Gasteiger charge is -2.37. The molecule has 0 bridgehead atoms. The number of anilines is 2. The van der Waals surface area contributed by atoms with Gasteiger partial charge in [-0.3, -0.25) is 9.69 Å². The Bertz CT molecular complexity index is 501. The molecule has 2 rings (SSSR count). The molecular weight excluding hydrogens is 290 g/mol. The van der Waals surface area contributed by atoms with Crippen LogP contribution in [0.25, 0.3) is 0 Å². The number of aliphatic hydroxyl groups is 1. The van der Waals surface area contributed by atoms with Gasteiger partial charge in [0.05, 0.1) is 12.6 Å². The highest BCUT2D eigenvalue weighted by molar-refractivity contribution is 5.92. The maximum Gasteiger partial charge on any atom is 0.238 e. The van der Waals surface area contributed by atoms with Crippen LogP contribution in [0, 0.1) is 0 Å². The van der Waals surface area contributed by atoms with E-state index in [4.69, 9.17) is 0 Å². The Morgan fingerprint density at radius 3 is 2.65 bits per heavy atom. The maximum absolute atomic E-state index is 12.3. The summed E-state index contributed by atoms with van der Waals surface area (Å²) in [6, 6.07) is 7.92. The highest BCUT2D eigenvalue weighted by atomic mass is 16.3. The quantitative estimate of drug-likeness (QED) is 0.845. The van der Waals surface area contributed by atoms with E-state index in [2.05, 4.69) is 10.2 Å². The summed E-state index contributed by atoms with van der Waals surface area (Å²) in [7, 11) is 3.98. The zero-order chi connectivity index (χ0) is 16.8. The summed E-state index contributed by atoms with van der Waals surface area (Å²) >= 11 is 0. The molecule has 1 heterocycles. The van der Waals surface area contributed by atoms with Crippen molar-refractivity contribution >= 4 is 17.3 Å². The van der Waals surface area contributed by atoms with Gasteiger partial charge < -0.3 is 15.3 Å². The standard InChI is InChI=1S/C18H29N3O2/c1-4-17(22)16-7-5-6-12-21(16)13-18(23)19-14-8-10-15(11-9-14)20(2)3/h8-11,16-17,22H,4-7,12-13H2,1-3H3,(H,19,23). The summed E-state index contributed by atoms with van der Waals surface area (Å²) in [6.07, 6.45) is 3.58. The number of aliphatic hydroxyl groups excluding tert-OH is 1. The van der Waals surface area contributed by atoms with E-state index in [1.54, 1.807) is 0 Å². The Hall–Kier alpha value is -1.59. The number of nitrogens with zero attached hydrogens (tertiary/aromatic N) is 2. The average Bonchev–Trinajstić information content (AvgIpc) is 2.55. The third kappa shape index (κ3) is 4.94. The number of rotatable bonds is 6. The molecule has 0 aromatic heterocycles. The average molecular weight is 319 g/mol. The van der Waals surface area contributed by atoms with E-state index < -0.39 is 0 Å². The Labute approximate surface area is 139 Å². The van der Waals surface area contributed by atoms with Crippen molar-refractivity contribution < 1.29 is 9.90 Å². The van der Waals surface area contributed by atoms with Gasteiger partial charge in [0.15, 0.2) is 0 Å². The van der Waals surface area contributed by atoms with Crippen molar-refractivity contribution in [3.63, 3.8) is 0 Å². The molecule has 0 spiro atoms. The van der Waals surface area contributed by atoms with Crippen LogP contribution in [-0.2, 0) is 4.79 Å². The van der Waals surface area contributed by atoms with Crippen molar-refractivity contribution in [1.82, 2.24) is 4.90 Å². The van der Waals surface area contributed by atoms with Crippen LogP contribution in [0.3, 0.4) is 0 Å². The lowest BCUT2D eigenvalue weighted by Crippen LogP contribution is -2.49. The minimum Gasteiger partial charge on any atom is -0.392 e. The van der Waals surface area contributed by atoms with E-state index in [9.17, 15) is 9.90 Å². The van der Waals surface area contributed by atoms with Crippen molar-refractivity contribution in [3.8, 4) is 0 Å². The summed E-state index contributed by atoms with van der Waals surface area (Å²) in [6.45, 7) is 3.22. The highest BCUT2D eigenvalue weighted by Gasteiger charge is 2.28. The second-order valence-corrected chi connectivity index (χ2v) is 6.50. The monoisotopic (exact) mass is 319 g/mol. The molecule has 5 nitrogen and oxygen atoms in total. The van der Waals surface area contributed by atoms with Crippen molar-refractivity contribution in [3.05, 3.63) is 24.3 Å². The zero-order valence-electron chi connectivity index (χ0n) is 14.5. The normalized spacial score (nSPS) is 20.1. The predicted octanol–water partition coefficient (Wildman–Crippen LogP) is 2.32. The summed E-state index contributed by atoms with van der Waals surface area (Å²) in [5.74, 6) is -0.0159. The fourth-order valence-corrected chi connectivity index (χ4v) is 3.15. The second kappa shape index (κ2) is 8.31. The van der Waals surface area contributed by atoms with Crippen LogP contribution < -0.4 is 10.2 Å². The molecule has 2 unspecified atom stereocenters. The van der Waals surface area contributed by atoms with Gasteiger partial charge in [-0.2, -0.15) is 0 Å². The molecule has 1 fully saturated rings. The fourth-order valence-electron chi connectivity index (χ4n) is 3.15. The summed E-state index contributed by atoms with van der Waals surface area (Å²) < 4.78 is 0. The molecule has 0 aliphatic carbocycles. The summed E-state index contributed by atoms with van der Waals surface area (Å²) in [5, 5.41) is 13.1. The molecule has 23 heavy (non-hydrogen) atoms. The lowest BCUT2D eigenvalue weighted by atomic mass is 9.96. The molecule has 5 heteroatoms. The van der Waals surface area contributed by atoms with Gasteiger partial charge in [0.2, 0.25) is 5.91 Å². The van der Waals surface area contributed by atoms with Crippen LogP contribution in [0.2, 0.25) is 0 Å². The van der Waals surface area contributed by atoms with E-state index in [-0.39, 0.29) is 18.1 Å². The molecule has 2 N–H and O–H groups in total. The van der Waals surface area contributed by atoms with Gasteiger partial charge >= 0.3 is 0 Å². The first-order valence-electron chi connectivity index (χ1n) is 8.50. The molecule has 1 aromatic carbocycles. The highest BCUT2D eigenvalue weighted by Crippen LogP contribution is 2.21. The topological polar surface area (TPSA) is 55.8 Å². The first-order chi connectivity index (χ1) is 11.0. The Morgan fingerprint density at radius 1 is 1.35 bits per heavy atom.